The van der Waals surface area contributed by atoms with Crippen LogP contribution in [0.1, 0.15) is 12.6 Å². The quantitative estimate of drug-likeness (QED) is 0.828. The summed E-state index contributed by atoms with van der Waals surface area (Å²) >= 11 is 9.74. The Hall–Kier alpha value is -0.800. The molecule has 0 bridgehead atoms. The van der Waals surface area contributed by atoms with Crippen LogP contribution in [-0.4, -0.2) is 12.1 Å². The van der Waals surface area contributed by atoms with E-state index in [9.17, 15) is 0 Å². The molecule has 0 fully saturated rings. The first-order valence-electron chi connectivity index (χ1n) is 4.99. The Morgan fingerprint density at radius 2 is 2.19 bits per heavy atom. The molecule has 0 aliphatic heterocycles. The third kappa shape index (κ3) is 1.89. The van der Waals surface area contributed by atoms with E-state index in [-0.39, 0.29) is 0 Å². The third-order valence-corrected chi connectivity index (χ3v) is 3.40. The van der Waals surface area contributed by atoms with Gasteiger partial charge < -0.3 is 4.74 Å². The maximum absolute atomic E-state index is 6.26. The normalized spacial score (nSPS) is 10.8. The lowest BCUT2D eigenvalue weighted by molar-refractivity contribution is 0.419. The van der Waals surface area contributed by atoms with Crippen LogP contribution in [0, 0.1) is 0 Å². The lowest BCUT2D eigenvalue weighted by atomic mass is 10.1. The van der Waals surface area contributed by atoms with Crippen molar-refractivity contribution in [3.05, 3.63) is 33.4 Å². The smallest absolute Gasteiger partial charge is 0.129 e. The van der Waals surface area contributed by atoms with Crippen molar-refractivity contribution in [2.45, 2.75) is 13.3 Å². The predicted molar refractivity (Wildman–Crippen MR) is 70.4 cm³/mol. The van der Waals surface area contributed by atoms with Crippen molar-refractivity contribution in [1.82, 2.24) is 4.98 Å². The van der Waals surface area contributed by atoms with Crippen molar-refractivity contribution in [2.75, 3.05) is 7.11 Å². The molecule has 16 heavy (non-hydrogen) atoms. The van der Waals surface area contributed by atoms with E-state index in [1.54, 1.807) is 7.11 Å². The molecule has 1 aromatic carbocycles. The highest BCUT2D eigenvalue weighted by Gasteiger charge is 2.11. The fourth-order valence-corrected chi connectivity index (χ4v) is 2.36. The number of aromatic nitrogens is 1. The van der Waals surface area contributed by atoms with Crippen LogP contribution in [0.15, 0.2) is 22.7 Å². The van der Waals surface area contributed by atoms with E-state index < -0.39 is 0 Å². The SMILES string of the molecule is CCc1cc(Cl)c2c(OC)ccc(Br)c2n1. The molecule has 2 rings (SSSR count). The molecule has 1 heterocycles. The number of pyridine rings is 1. The van der Waals surface area contributed by atoms with Gasteiger partial charge >= 0.3 is 0 Å². The average molecular weight is 301 g/mol. The van der Waals surface area contributed by atoms with Crippen LogP contribution in [0.4, 0.5) is 0 Å². The van der Waals surface area contributed by atoms with Crippen molar-refractivity contribution >= 4 is 38.4 Å². The summed E-state index contributed by atoms with van der Waals surface area (Å²) in [6.07, 6.45) is 0.860. The van der Waals surface area contributed by atoms with Crippen molar-refractivity contribution < 1.29 is 4.74 Å². The molecule has 0 unspecified atom stereocenters. The predicted octanol–water partition coefficient (Wildman–Crippen LogP) is 4.22. The van der Waals surface area contributed by atoms with Crippen LogP contribution >= 0.6 is 27.5 Å². The molecule has 0 N–H and O–H groups in total. The number of hydrogen-bond acceptors (Lipinski definition) is 2. The van der Waals surface area contributed by atoms with Gasteiger partial charge in [0, 0.05) is 10.2 Å². The molecule has 0 atom stereocenters. The zero-order valence-electron chi connectivity index (χ0n) is 9.05. The van der Waals surface area contributed by atoms with E-state index in [4.69, 9.17) is 16.3 Å². The van der Waals surface area contributed by atoms with Crippen LogP contribution < -0.4 is 4.74 Å². The van der Waals surface area contributed by atoms with Gasteiger partial charge in [0.1, 0.15) is 5.75 Å². The van der Waals surface area contributed by atoms with Gasteiger partial charge in [0.2, 0.25) is 0 Å². The summed E-state index contributed by atoms with van der Waals surface area (Å²) in [5.74, 6) is 0.748. The van der Waals surface area contributed by atoms with Crippen LogP contribution in [0.25, 0.3) is 10.9 Å². The van der Waals surface area contributed by atoms with Gasteiger partial charge in [-0.25, -0.2) is 0 Å². The Bertz CT molecular complexity index is 542. The molecule has 2 aromatic rings. The zero-order chi connectivity index (χ0) is 11.7. The van der Waals surface area contributed by atoms with Crippen LogP contribution in [-0.2, 0) is 6.42 Å². The fraction of sp³-hybridized carbons (Fsp3) is 0.250. The summed E-state index contributed by atoms with van der Waals surface area (Å²) in [5.41, 5.74) is 1.83. The second-order valence-electron chi connectivity index (χ2n) is 3.42. The van der Waals surface area contributed by atoms with Gasteiger partial charge in [0.05, 0.1) is 23.0 Å². The second-order valence-corrected chi connectivity index (χ2v) is 4.68. The number of ether oxygens (including phenoxy) is 1. The van der Waals surface area contributed by atoms with Gasteiger partial charge in [0.15, 0.2) is 0 Å². The van der Waals surface area contributed by atoms with Gasteiger partial charge in [-0.15, -0.1) is 0 Å². The first kappa shape index (κ1) is 11.7. The number of methoxy groups -OCH3 is 1. The molecule has 0 saturated carbocycles. The average Bonchev–Trinajstić information content (AvgIpc) is 2.30. The lowest BCUT2D eigenvalue weighted by Gasteiger charge is -2.09. The zero-order valence-corrected chi connectivity index (χ0v) is 11.4. The molecule has 2 nitrogen and oxygen atoms in total. The molecule has 0 spiro atoms. The monoisotopic (exact) mass is 299 g/mol. The van der Waals surface area contributed by atoms with E-state index >= 15 is 0 Å². The van der Waals surface area contributed by atoms with Crippen LogP contribution in [0.5, 0.6) is 5.75 Å². The maximum atomic E-state index is 6.26. The molecule has 0 aliphatic carbocycles. The second kappa shape index (κ2) is 4.60. The molecule has 0 saturated heterocycles. The summed E-state index contributed by atoms with van der Waals surface area (Å²) in [4.78, 5) is 4.55. The van der Waals surface area contributed by atoms with E-state index in [1.165, 1.54) is 0 Å². The van der Waals surface area contributed by atoms with E-state index in [2.05, 4.69) is 27.8 Å². The van der Waals surface area contributed by atoms with Crippen molar-refractivity contribution in [2.24, 2.45) is 0 Å². The highest BCUT2D eigenvalue weighted by atomic mass is 79.9. The maximum Gasteiger partial charge on any atom is 0.129 e. The number of hydrogen-bond donors (Lipinski definition) is 0. The summed E-state index contributed by atoms with van der Waals surface area (Å²) in [6.45, 7) is 2.05. The number of halogens is 2. The lowest BCUT2D eigenvalue weighted by Crippen LogP contribution is -1.93. The first-order chi connectivity index (χ1) is 7.67. The molecule has 0 radical (unpaired) electrons. The van der Waals surface area contributed by atoms with Crippen molar-refractivity contribution in [1.29, 1.82) is 0 Å². The minimum absolute atomic E-state index is 0.681. The summed E-state index contributed by atoms with van der Waals surface area (Å²) < 4.78 is 6.22. The fourth-order valence-electron chi connectivity index (χ4n) is 1.63. The van der Waals surface area contributed by atoms with Crippen LogP contribution in [0.2, 0.25) is 5.02 Å². The first-order valence-corrected chi connectivity index (χ1v) is 6.16. The number of fused-ring (bicyclic) bond motifs is 1. The molecule has 0 amide bonds. The third-order valence-electron chi connectivity index (χ3n) is 2.46. The number of rotatable bonds is 2. The van der Waals surface area contributed by atoms with Crippen molar-refractivity contribution in [3.63, 3.8) is 0 Å². The summed E-state index contributed by atoms with van der Waals surface area (Å²) in [5, 5.41) is 1.54. The highest BCUT2D eigenvalue weighted by Crippen LogP contribution is 2.35. The minimum atomic E-state index is 0.681. The molecule has 0 aliphatic rings. The van der Waals surface area contributed by atoms with Crippen molar-refractivity contribution in [3.8, 4) is 5.75 Å². The van der Waals surface area contributed by atoms with Crippen LogP contribution in [0.3, 0.4) is 0 Å². The number of benzene rings is 1. The van der Waals surface area contributed by atoms with Gasteiger partial charge in [-0.05, 0) is 40.5 Å². The highest BCUT2D eigenvalue weighted by molar-refractivity contribution is 9.10. The van der Waals surface area contributed by atoms with E-state index in [0.29, 0.717) is 5.02 Å². The summed E-state index contributed by atoms with van der Waals surface area (Å²) in [6, 6.07) is 5.69. The largest absolute Gasteiger partial charge is 0.496 e. The van der Waals surface area contributed by atoms with E-state index in [0.717, 1.165) is 33.2 Å². The number of aryl methyl sites for hydroxylation is 1. The Morgan fingerprint density at radius 3 is 2.81 bits per heavy atom. The Balaban J connectivity index is 2.86. The van der Waals surface area contributed by atoms with Gasteiger partial charge in [-0.1, -0.05) is 18.5 Å². The summed E-state index contributed by atoms with van der Waals surface area (Å²) in [7, 11) is 1.63. The Morgan fingerprint density at radius 1 is 1.44 bits per heavy atom. The van der Waals surface area contributed by atoms with Gasteiger partial charge in [0.25, 0.3) is 0 Å². The number of nitrogens with zero attached hydrogens (tertiary/aromatic N) is 1. The topological polar surface area (TPSA) is 22.1 Å². The standard InChI is InChI=1S/C12H11BrClNO/c1-3-7-6-9(14)11-10(16-2)5-4-8(13)12(11)15-7/h4-6H,3H2,1-2H3. The molecule has 84 valence electrons. The molecule has 1 aromatic heterocycles. The Labute approximate surface area is 108 Å². The molecule has 4 heteroatoms. The minimum Gasteiger partial charge on any atom is -0.496 e. The van der Waals surface area contributed by atoms with Gasteiger partial charge in [-0.3, -0.25) is 4.98 Å². The molecular formula is C12H11BrClNO. The van der Waals surface area contributed by atoms with Gasteiger partial charge in [-0.2, -0.15) is 0 Å². The Kier molecular flexibility index (Phi) is 3.36. The molecular weight excluding hydrogens is 289 g/mol. The van der Waals surface area contributed by atoms with E-state index in [1.807, 2.05) is 18.2 Å².